The predicted octanol–water partition coefficient (Wildman–Crippen LogP) is 3.09. The maximum Gasteiger partial charge on any atom is 0.309 e. The molecule has 2 N–H and O–H groups in total. The molecular weight excluding hydrogens is 314 g/mol. The minimum atomic E-state index is -0.502. The molecule has 0 aliphatic carbocycles. The summed E-state index contributed by atoms with van der Waals surface area (Å²) in [6.45, 7) is 0. The molecule has 0 bridgehead atoms. The number of hydrogen-bond donors (Lipinski definition) is 1. The molecule has 23 heavy (non-hydrogen) atoms. The van der Waals surface area contributed by atoms with Gasteiger partial charge in [0, 0.05) is 5.56 Å². The highest BCUT2D eigenvalue weighted by Gasteiger charge is 2.27. The monoisotopic (exact) mass is 325 g/mol. The van der Waals surface area contributed by atoms with Crippen LogP contribution in [-0.2, 0) is 0 Å². The van der Waals surface area contributed by atoms with Gasteiger partial charge in [0.15, 0.2) is 0 Å². The number of thioether (sulfide) groups is 1. The van der Waals surface area contributed by atoms with Gasteiger partial charge in [0.1, 0.15) is 27.9 Å². The van der Waals surface area contributed by atoms with E-state index in [9.17, 15) is 15.4 Å². The highest BCUT2D eigenvalue weighted by Crippen LogP contribution is 2.39. The molecule has 3 aromatic rings. The molecule has 7 nitrogen and oxygen atoms in total. The number of nitriles is 1. The molecule has 114 valence electrons. The number of benzene rings is 1. The third-order valence-corrected chi connectivity index (χ3v) is 4.25. The molecule has 0 saturated heterocycles. The van der Waals surface area contributed by atoms with Crippen molar-refractivity contribution in [3.63, 3.8) is 0 Å². The topological polar surface area (TPSA) is 110 Å². The van der Waals surface area contributed by atoms with Crippen LogP contribution in [0, 0.1) is 21.4 Å². The molecule has 3 rings (SSSR count). The van der Waals surface area contributed by atoms with Crippen molar-refractivity contribution in [3.8, 4) is 17.3 Å². The average Bonchev–Trinajstić information content (AvgIpc) is 3.00. The van der Waals surface area contributed by atoms with Crippen LogP contribution in [0.3, 0.4) is 0 Å². The first-order valence-corrected chi connectivity index (χ1v) is 7.80. The number of rotatable bonds is 3. The minimum absolute atomic E-state index is 0.0689. The fraction of sp³-hybridized carbons (Fsp3) is 0.0667. The molecule has 0 amide bonds. The predicted molar refractivity (Wildman–Crippen MR) is 88.2 cm³/mol. The van der Waals surface area contributed by atoms with E-state index in [0.29, 0.717) is 5.69 Å². The van der Waals surface area contributed by atoms with Gasteiger partial charge in [-0.3, -0.25) is 10.1 Å². The van der Waals surface area contributed by atoms with Gasteiger partial charge in [-0.05, 0) is 12.3 Å². The number of nitrogens with two attached hydrogens (primary N) is 1. The lowest BCUT2D eigenvalue weighted by Gasteiger charge is -2.07. The van der Waals surface area contributed by atoms with Crippen molar-refractivity contribution < 1.29 is 4.92 Å². The maximum atomic E-state index is 11.5. The highest BCUT2D eigenvalue weighted by molar-refractivity contribution is 7.98. The number of nitro groups is 1. The van der Waals surface area contributed by atoms with Gasteiger partial charge in [-0.1, -0.05) is 30.3 Å². The van der Waals surface area contributed by atoms with Crippen LogP contribution in [0.15, 0.2) is 41.3 Å². The summed E-state index contributed by atoms with van der Waals surface area (Å²) in [6, 6.07) is 12.8. The Labute approximate surface area is 135 Å². The number of pyridine rings is 1. The zero-order valence-corrected chi connectivity index (χ0v) is 12.9. The Bertz CT molecular complexity index is 960. The zero-order chi connectivity index (χ0) is 16.6. The summed E-state index contributed by atoms with van der Waals surface area (Å²) in [5, 5.41) is 25.2. The van der Waals surface area contributed by atoms with E-state index in [-0.39, 0.29) is 27.5 Å². The second-order valence-electron chi connectivity index (χ2n) is 4.70. The summed E-state index contributed by atoms with van der Waals surface area (Å²) in [7, 11) is 0. The lowest BCUT2D eigenvalue weighted by Crippen LogP contribution is -2.06. The molecule has 0 radical (unpaired) electrons. The molecule has 1 aromatic carbocycles. The molecule has 0 unspecified atom stereocenters. The van der Waals surface area contributed by atoms with Gasteiger partial charge in [0.25, 0.3) is 0 Å². The third kappa shape index (κ3) is 2.27. The molecule has 0 saturated carbocycles. The number of anilines is 1. The summed E-state index contributed by atoms with van der Waals surface area (Å²) in [5.41, 5.74) is 7.57. The van der Waals surface area contributed by atoms with Gasteiger partial charge in [-0.15, -0.1) is 11.8 Å². The van der Waals surface area contributed by atoms with Crippen molar-refractivity contribution in [1.82, 2.24) is 9.61 Å². The summed E-state index contributed by atoms with van der Waals surface area (Å²) < 4.78 is 1.26. The Balaban J connectivity index is 2.42. The number of fused-ring (bicyclic) bond motifs is 1. The smallest absolute Gasteiger partial charge is 0.309 e. The van der Waals surface area contributed by atoms with Gasteiger partial charge in [0.05, 0.1) is 10.6 Å². The van der Waals surface area contributed by atoms with E-state index in [1.807, 2.05) is 36.4 Å². The Hall–Kier alpha value is -3.05. The average molecular weight is 325 g/mol. The van der Waals surface area contributed by atoms with Crippen LogP contribution in [0.25, 0.3) is 16.8 Å². The lowest BCUT2D eigenvalue weighted by atomic mass is 10.1. The van der Waals surface area contributed by atoms with Crippen LogP contribution in [0.1, 0.15) is 5.56 Å². The van der Waals surface area contributed by atoms with Crippen LogP contribution >= 0.6 is 11.8 Å². The Morgan fingerprint density at radius 3 is 2.65 bits per heavy atom. The first-order chi connectivity index (χ1) is 11.1. The van der Waals surface area contributed by atoms with Crippen molar-refractivity contribution in [2.24, 2.45) is 0 Å². The van der Waals surface area contributed by atoms with E-state index < -0.39 is 4.92 Å². The minimum Gasteiger partial charge on any atom is -0.382 e. The van der Waals surface area contributed by atoms with E-state index in [1.54, 1.807) is 12.3 Å². The Morgan fingerprint density at radius 1 is 1.39 bits per heavy atom. The first kappa shape index (κ1) is 14.9. The van der Waals surface area contributed by atoms with Gasteiger partial charge < -0.3 is 5.73 Å². The van der Waals surface area contributed by atoms with Crippen molar-refractivity contribution in [2.45, 2.75) is 4.90 Å². The second kappa shape index (κ2) is 5.62. The van der Waals surface area contributed by atoms with Crippen molar-refractivity contribution in [1.29, 1.82) is 5.26 Å². The molecule has 2 heterocycles. The van der Waals surface area contributed by atoms with Crippen molar-refractivity contribution >= 4 is 28.8 Å². The van der Waals surface area contributed by atoms with Gasteiger partial charge >= 0.3 is 5.69 Å². The standard InChI is InChI=1S/C15H11N5O2S/c1-23-14-10(8-16)15(17)19-12(13(14)20(21)22)7-11(18-19)9-5-3-2-4-6-9/h2-7H,17H2,1H3. The number of aromatic nitrogens is 2. The quantitative estimate of drug-likeness (QED) is 0.450. The fourth-order valence-electron chi connectivity index (χ4n) is 2.42. The Kier molecular flexibility index (Phi) is 3.64. The number of nitrogen functional groups attached to an aromatic ring is 1. The summed E-state index contributed by atoms with van der Waals surface area (Å²) in [4.78, 5) is 11.3. The molecule has 0 aliphatic rings. The second-order valence-corrected chi connectivity index (χ2v) is 5.52. The summed E-state index contributed by atoms with van der Waals surface area (Å²) in [5.74, 6) is 0.0969. The highest BCUT2D eigenvalue weighted by atomic mass is 32.2. The van der Waals surface area contributed by atoms with E-state index in [2.05, 4.69) is 5.10 Å². The van der Waals surface area contributed by atoms with Crippen LogP contribution in [0.4, 0.5) is 11.5 Å². The van der Waals surface area contributed by atoms with Crippen LogP contribution in [0.5, 0.6) is 0 Å². The maximum absolute atomic E-state index is 11.5. The fourth-order valence-corrected chi connectivity index (χ4v) is 3.15. The van der Waals surface area contributed by atoms with E-state index in [4.69, 9.17) is 5.73 Å². The third-order valence-electron chi connectivity index (χ3n) is 3.45. The summed E-state index contributed by atoms with van der Waals surface area (Å²) >= 11 is 1.12. The van der Waals surface area contributed by atoms with E-state index >= 15 is 0 Å². The first-order valence-electron chi connectivity index (χ1n) is 6.57. The largest absolute Gasteiger partial charge is 0.382 e. The molecule has 2 aromatic heterocycles. The molecule has 0 aliphatic heterocycles. The molecule has 0 fully saturated rings. The zero-order valence-electron chi connectivity index (χ0n) is 12.1. The number of hydrogen-bond acceptors (Lipinski definition) is 6. The van der Waals surface area contributed by atoms with E-state index in [0.717, 1.165) is 17.3 Å². The van der Waals surface area contributed by atoms with Crippen LogP contribution in [0.2, 0.25) is 0 Å². The van der Waals surface area contributed by atoms with Gasteiger partial charge in [-0.25, -0.2) is 4.52 Å². The molecule has 8 heteroatoms. The molecule has 0 atom stereocenters. The van der Waals surface area contributed by atoms with Crippen molar-refractivity contribution in [2.75, 3.05) is 12.0 Å². The number of nitrogens with zero attached hydrogens (tertiary/aromatic N) is 4. The Morgan fingerprint density at radius 2 is 2.09 bits per heavy atom. The normalized spacial score (nSPS) is 10.6. The SMILES string of the molecule is CSc1c(C#N)c(N)n2nc(-c3ccccc3)cc2c1[N+](=O)[O-]. The molecular formula is C15H11N5O2S. The van der Waals surface area contributed by atoms with Gasteiger partial charge in [0.2, 0.25) is 0 Å². The molecule has 0 spiro atoms. The van der Waals surface area contributed by atoms with Crippen LogP contribution < -0.4 is 5.73 Å². The lowest BCUT2D eigenvalue weighted by molar-refractivity contribution is -0.386. The van der Waals surface area contributed by atoms with E-state index in [1.165, 1.54) is 4.52 Å². The van der Waals surface area contributed by atoms with Crippen molar-refractivity contribution in [3.05, 3.63) is 52.1 Å². The summed E-state index contributed by atoms with van der Waals surface area (Å²) in [6.07, 6.45) is 1.67. The van der Waals surface area contributed by atoms with Crippen LogP contribution in [-0.4, -0.2) is 20.8 Å². The van der Waals surface area contributed by atoms with Gasteiger partial charge in [-0.2, -0.15) is 10.4 Å².